The summed E-state index contributed by atoms with van der Waals surface area (Å²) in [6, 6.07) is 8.05. The molecule has 0 unspecified atom stereocenters. The second kappa shape index (κ2) is 6.54. The number of carboxylic acids is 1. The summed E-state index contributed by atoms with van der Waals surface area (Å²) in [5, 5.41) is 14.0. The molecule has 1 aromatic carbocycles. The summed E-state index contributed by atoms with van der Waals surface area (Å²) in [7, 11) is 0. The summed E-state index contributed by atoms with van der Waals surface area (Å²) >= 11 is 0. The Balaban J connectivity index is 1.92. The Morgan fingerprint density at radius 3 is 2.79 bits per heavy atom. The van der Waals surface area contributed by atoms with E-state index in [4.69, 9.17) is 0 Å². The summed E-state index contributed by atoms with van der Waals surface area (Å²) in [5.74, 6) is -4.65. The number of carbonyl (C=O) groups is 1. The number of hydrogen-bond acceptors (Lipinski definition) is 3. The Labute approximate surface area is 159 Å². The monoisotopic (exact) mass is 389 g/mol. The molecule has 1 aliphatic rings. The minimum absolute atomic E-state index is 0.00584. The number of aryl methyl sites for hydroxylation is 1. The van der Waals surface area contributed by atoms with Gasteiger partial charge in [0.05, 0.1) is 24.0 Å². The van der Waals surface area contributed by atoms with Gasteiger partial charge in [-0.3, -0.25) is 0 Å². The lowest BCUT2D eigenvalue weighted by atomic mass is 10.0. The fourth-order valence-electron chi connectivity index (χ4n) is 3.91. The molecule has 1 aliphatic heterocycles. The number of aromatic carboxylic acids is 1. The quantitative estimate of drug-likeness (QED) is 0.722. The van der Waals surface area contributed by atoms with Crippen LogP contribution in [0.3, 0.4) is 0 Å². The molecule has 3 heterocycles. The lowest BCUT2D eigenvalue weighted by molar-refractivity contribution is 0.0223. The van der Waals surface area contributed by atoms with Crippen LogP contribution in [-0.4, -0.2) is 33.2 Å². The molecule has 0 bridgehead atoms. The van der Waals surface area contributed by atoms with Crippen molar-refractivity contribution < 1.29 is 23.1 Å². The van der Waals surface area contributed by atoms with Gasteiger partial charge in [0, 0.05) is 12.6 Å². The predicted octanol–water partition coefficient (Wildman–Crippen LogP) is 4.32. The van der Waals surface area contributed by atoms with E-state index in [0.29, 0.717) is 23.4 Å². The molecule has 1 N–H and O–H groups in total. The smallest absolute Gasteiger partial charge is 0.339 e. The van der Waals surface area contributed by atoms with Crippen molar-refractivity contribution in [3.63, 3.8) is 0 Å². The Bertz CT molecular complexity index is 1060. The number of alkyl halides is 2. The molecule has 2 aromatic heterocycles. The maximum Gasteiger partial charge on any atom is 0.339 e. The van der Waals surface area contributed by atoms with Crippen LogP contribution in [0.2, 0.25) is 0 Å². The third-order valence-corrected chi connectivity index (χ3v) is 5.07. The van der Waals surface area contributed by atoms with E-state index in [9.17, 15) is 23.1 Å². The van der Waals surface area contributed by atoms with Crippen LogP contribution in [0.15, 0.2) is 42.6 Å². The second-order valence-corrected chi connectivity index (χ2v) is 6.93. The third-order valence-electron chi connectivity index (χ3n) is 5.07. The summed E-state index contributed by atoms with van der Waals surface area (Å²) in [6.07, 6.45) is 1.51. The molecule has 1 atom stereocenters. The van der Waals surface area contributed by atoms with E-state index < -0.39 is 36.7 Å². The normalized spacial score (nSPS) is 18.7. The van der Waals surface area contributed by atoms with Gasteiger partial charge < -0.3 is 10.0 Å². The van der Waals surface area contributed by atoms with Gasteiger partial charge in [0.1, 0.15) is 16.9 Å². The van der Waals surface area contributed by atoms with E-state index >= 15 is 0 Å². The highest BCUT2D eigenvalue weighted by Crippen LogP contribution is 2.45. The van der Waals surface area contributed by atoms with Gasteiger partial charge in [0.25, 0.3) is 5.92 Å². The van der Waals surface area contributed by atoms with E-state index in [1.54, 1.807) is 31.3 Å². The van der Waals surface area contributed by atoms with Crippen molar-refractivity contribution >= 4 is 17.2 Å². The van der Waals surface area contributed by atoms with Gasteiger partial charge in [-0.15, -0.1) is 0 Å². The molecule has 5 nitrogen and oxygen atoms in total. The minimum Gasteiger partial charge on any atom is -0.478 e. The molecule has 0 spiro atoms. The second-order valence-electron chi connectivity index (χ2n) is 6.93. The Morgan fingerprint density at radius 1 is 1.32 bits per heavy atom. The number of fused-ring (bicyclic) bond motifs is 1. The summed E-state index contributed by atoms with van der Waals surface area (Å²) in [5.41, 5.74) is 1.43. The maximum atomic E-state index is 14.4. The van der Waals surface area contributed by atoms with Gasteiger partial charge >= 0.3 is 5.97 Å². The van der Waals surface area contributed by atoms with Gasteiger partial charge in [0.15, 0.2) is 0 Å². The molecule has 0 amide bonds. The summed E-state index contributed by atoms with van der Waals surface area (Å²) in [4.78, 5) is 13.3. The van der Waals surface area contributed by atoms with Crippen LogP contribution in [0.4, 0.5) is 18.9 Å². The first kappa shape index (κ1) is 18.3. The fourth-order valence-corrected chi connectivity index (χ4v) is 3.91. The van der Waals surface area contributed by atoms with E-state index in [1.807, 2.05) is 0 Å². The fraction of sp³-hybridized carbons (Fsp3) is 0.300. The standard InChI is InChI=1S/C20H18F3N3O2/c1-2-14-17(19(27)28)18-15(7-4-8-26(18)24-14)25-11-20(22,23)10-16(25)12-5-3-6-13(21)9-12/h3-9,16H,2,10-11H2,1H3,(H,27,28)/t16-/m1/s1. The van der Waals surface area contributed by atoms with Crippen molar-refractivity contribution in [2.24, 2.45) is 0 Å². The van der Waals surface area contributed by atoms with Crippen molar-refractivity contribution in [1.82, 2.24) is 9.61 Å². The Morgan fingerprint density at radius 2 is 2.11 bits per heavy atom. The predicted molar refractivity (Wildman–Crippen MR) is 97.6 cm³/mol. The van der Waals surface area contributed by atoms with E-state index in [2.05, 4.69) is 5.10 Å². The molecule has 8 heteroatoms. The number of rotatable bonds is 4. The zero-order valence-electron chi connectivity index (χ0n) is 15.1. The van der Waals surface area contributed by atoms with Crippen LogP contribution in [0.25, 0.3) is 5.52 Å². The highest BCUT2D eigenvalue weighted by Gasteiger charge is 2.46. The number of carboxylic acid groups (broad SMARTS) is 1. The van der Waals surface area contributed by atoms with Crippen LogP contribution < -0.4 is 4.90 Å². The zero-order valence-corrected chi connectivity index (χ0v) is 15.1. The number of pyridine rings is 1. The van der Waals surface area contributed by atoms with Gasteiger partial charge in [-0.1, -0.05) is 19.1 Å². The Hall–Kier alpha value is -3.03. The number of anilines is 1. The maximum absolute atomic E-state index is 14.4. The SMILES string of the molecule is CCc1nn2cccc(N3CC(F)(F)C[C@@H]3c3cccc(F)c3)c2c1C(=O)O. The first-order chi connectivity index (χ1) is 13.3. The van der Waals surface area contributed by atoms with Crippen LogP contribution in [-0.2, 0) is 6.42 Å². The average Bonchev–Trinajstić information content (AvgIpc) is 3.18. The first-order valence-electron chi connectivity index (χ1n) is 8.94. The summed E-state index contributed by atoms with van der Waals surface area (Å²) < 4.78 is 43.9. The van der Waals surface area contributed by atoms with Crippen molar-refractivity contribution in [2.75, 3.05) is 11.4 Å². The van der Waals surface area contributed by atoms with Crippen molar-refractivity contribution in [2.45, 2.75) is 31.7 Å². The number of aromatic nitrogens is 2. The van der Waals surface area contributed by atoms with E-state index in [0.717, 1.165) is 0 Å². The zero-order chi connectivity index (χ0) is 20.1. The molecule has 1 fully saturated rings. The van der Waals surface area contributed by atoms with E-state index in [1.165, 1.54) is 27.6 Å². The molecule has 28 heavy (non-hydrogen) atoms. The van der Waals surface area contributed by atoms with Crippen LogP contribution >= 0.6 is 0 Å². The van der Waals surface area contributed by atoms with Gasteiger partial charge in [-0.2, -0.15) is 5.10 Å². The molecule has 0 aliphatic carbocycles. The lowest BCUT2D eigenvalue weighted by Crippen LogP contribution is -2.27. The van der Waals surface area contributed by atoms with Crippen molar-refractivity contribution in [1.29, 1.82) is 0 Å². The van der Waals surface area contributed by atoms with Crippen molar-refractivity contribution in [3.8, 4) is 0 Å². The molecule has 146 valence electrons. The van der Waals surface area contributed by atoms with E-state index in [-0.39, 0.29) is 11.1 Å². The molecule has 0 radical (unpaired) electrons. The van der Waals surface area contributed by atoms with Gasteiger partial charge in [-0.25, -0.2) is 22.5 Å². The largest absolute Gasteiger partial charge is 0.478 e. The third kappa shape index (κ3) is 2.98. The molecule has 4 rings (SSSR count). The molecule has 1 saturated heterocycles. The van der Waals surface area contributed by atoms with Crippen LogP contribution in [0.5, 0.6) is 0 Å². The van der Waals surface area contributed by atoms with Crippen molar-refractivity contribution in [3.05, 3.63) is 65.2 Å². The van der Waals surface area contributed by atoms with Crippen LogP contribution in [0, 0.1) is 5.82 Å². The minimum atomic E-state index is -2.99. The molecular formula is C20H18F3N3O2. The van der Waals surface area contributed by atoms with Gasteiger partial charge in [0.2, 0.25) is 0 Å². The van der Waals surface area contributed by atoms with Gasteiger partial charge in [-0.05, 0) is 36.2 Å². The average molecular weight is 389 g/mol. The summed E-state index contributed by atoms with van der Waals surface area (Å²) in [6.45, 7) is 1.20. The number of halogens is 3. The highest BCUT2D eigenvalue weighted by atomic mass is 19.3. The molecular weight excluding hydrogens is 371 g/mol. The molecule has 0 saturated carbocycles. The number of hydrogen-bond donors (Lipinski definition) is 1. The number of benzene rings is 1. The topological polar surface area (TPSA) is 57.8 Å². The lowest BCUT2D eigenvalue weighted by Gasteiger charge is -2.27. The molecule has 3 aromatic rings. The highest BCUT2D eigenvalue weighted by molar-refractivity contribution is 6.01. The Kier molecular flexibility index (Phi) is 4.28. The first-order valence-corrected chi connectivity index (χ1v) is 8.94. The number of nitrogens with zero attached hydrogens (tertiary/aromatic N) is 3. The van der Waals surface area contributed by atoms with Crippen LogP contribution in [0.1, 0.15) is 41.0 Å².